The summed E-state index contributed by atoms with van der Waals surface area (Å²) in [6, 6.07) is 15.6. The summed E-state index contributed by atoms with van der Waals surface area (Å²) in [5.41, 5.74) is 2.88. The van der Waals surface area contributed by atoms with Crippen LogP contribution in [0.2, 0.25) is 5.02 Å². The van der Waals surface area contributed by atoms with Crippen molar-refractivity contribution in [3.8, 4) is 0 Å². The smallest absolute Gasteiger partial charge is 0.321 e. The van der Waals surface area contributed by atoms with Gasteiger partial charge >= 0.3 is 6.03 Å². The molecule has 2 heterocycles. The molecule has 0 saturated carbocycles. The van der Waals surface area contributed by atoms with E-state index in [1.807, 2.05) is 53.9 Å². The lowest BCUT2D eigenvalue weighted by atomic mass is 10.0. The van der Waals surface area contributed by atoms with Crippen molar-refractivity contribution in [2.45, 2.75) is 37.5 Å². The Kier molecular flexibility index (Phi) is 6.77. The lowest BCUT2D eigenvalue weighted by Gasteiger charge is -2.44. The Balaban J connectivity index is 1.33. The van der Waals surface area contributed by atoms with Crippen molar-refractivity contribution in [1.82, 2.24) is 9.80 Å². The second-order valence-corrected chi connectivity index (χ2v) is 10.1. The number of anilines is 1. The standard InChI is InChI=1S/C24H28ClN3O2S/c1-18-7-9-20(17-21(18)25)26-23(30)27-13-11-24(12-14-27)28(15-16-31-24)22(29)10-8-19-5-3-2-4-6-19/h2-7,9,17H,8,10-16H2,1H3,(H,26,30). The van der Waals surface area contributed by atoms with Crippen LogP contribution >= 0.6 is 23.4 Å². The first-order chi connectivity index (χ1) is 15.0. The fourth-order valence-corrected chi connectivity index (χ4v) is 5.99. The topological polar surface area (TPSA) is 52.7 Å². The van der Waals surface area contributed by atoms with E-state index in [1.54, 1.807) is 6.07 Å². The number of nitrogens with zero attached hydrogens (tertiary/aromatic N) is 2. The molecule has 31 heavy (non-hydrogen) atoms. The summed E-state index contributed by atoms with van der Waals surface area (Å²) in [7, 11) is 0. The van der Waals surface area contributed by atoms with Gasteiger partial charge in [-0.2, -0.15) is 0 Å². The summed E-state index contributed by atoms with van der Waals surface area (Å²) in [5.74, 6) is 1.19. The van der Waals surface area contributed by atoms with Crippen molar-refractivity contribution in [3.63, 3.8) is 0 Å². The number of amides is 3. The van der Waals surface area contributed by atoms with Gasteiger partial charge in [-0.05, 0) is 49.4 Å². The Morgan fingerprint density at radius 2 is 1.84 bits per heavy atom. The summed E-state index contributed by atoms with van der Waals surface area (Å²) in [4.78, 5) is 29.5. The fraction of sp³-hybridized carbons (Fsp3) is 0.417. The first kappa shape index (κ1) is 22.0. The maximum atomic E-state index is 13.0. The highest BCUT2D eigenvalue weighted by atomic mass is 35.5. The molecule has 7 heteroatoms. The van der Waals surface area contributed by atoms with E-state index in [-0.39, 0.29) is 16.8 Å². The normalized spacial score (nSPS) is 17.7. The molecule has 2 aromatic carbocycles. The predicted octanol–water partition coefficient (Wildman–Crippen LogP) is 5.18. The number of benzene rings is 2. The number of urea groups is 1. The Bertz CT molecular complexity index is 945. The molecular weight excluding hydrogens is 430 g/mol. The van der Waals surface area contributed by atoms with E-state index in [2.05, 4.69) is 22.3 Å². The monoisotopic (exact) mass is 457 g/mol. The van der Waals surface area contributed by atoms with Gasteiger partial charge < -0.3 is 15.1 Å². The van der Waals surface area contributed by atoms with Gasteiger partial charge in [-0.25, -0.2) is 4.79 Å². The number of halogens is 1. The summed E-state index contributed by atoms with van der Waals surface area (Å²) in [6.07, 6.45) is 2.91. The van der Waals surface area contributed by atoms with Gasteiger partial charge in [0.15, 0.2) is 0 Å². The van der Waals surface area contributed by atoms with Crippen LogP contribution in [-0.2, 0) is 11.2 Å². The van der Waals surface area contributed by atoms with Gasteiger partial charge in [-0.3, -0.25) is 4.79 Å². The van der Waals surface area contributed by atoms with Crippen LogP contribution in [0.25, 0.3) is 0 Å². The number of hydrogen-bond donors (Lipinski definition) is 1. The molecule has 0 unspecified atom stereocenters. The van der Waals surface area contributed by atoms with Crippen LogP contribution in [0.5, 0.6) is 0 Å². The van der Waals surface area contributed by atoms with Crippen LogP contribution in [0, 0.1) is 6.92 Å². The lowest BCUT2D eigenvalue weighted by molar-refractivity contribution is -0.134. The van der Waals surface area contributed by atoms with Gasteiger partial charge in [-0.1, -0.05) is 48.0 Å². The van der Waals surface area contributed by atoms with Gasteiger partial charge in [0.25, 0.3) is 0 Å². The molecule has 1 N–H and O–H groups in total. The summed E-state index contributed by atoms with van der Waals surface area (Å²) in [5, 5.41) is 3.59. The molecule has 5 nitrogen and oxygen atoms in total. The van der Waals surface area contributed by atoms with Crippen molar-refractivity contribution in [3.05, 3.63) is 64.7 Å². The average molecular weight is 458 g/mol. The minimum atomic E-state index is -0.169. The Hall–Kier alpha value is -2.18. The summed E-state index contributed by atoms with van der Waals surface area (Å²) >= 11 is 8.04. The Morgan fingerprint density at radius 3 is 2.55 bits per heavy atom. The average Bonchev–Trinajstić information content (AvgIpc) is 3.18. The SMILES string of the molecule is Cc1ccc(NC(=O)N2CCC3(CC2)SCCN3C(=O)CCc2ccccc2)cc1Cl. The third kappa shape index (κ3) is 5.01. The van der Waals surface area contributed by atoms with Crippen LogP contribution in [0.1, 0.15) is 30.4 Å². The number of piperidine rings is 1. The molecular formula is C24H28ClN3O2S. The Labute approximate surface area is 193 Å². The quantitative estimate of drug-likeness (QED) is 0.688. The summed E-state index contributed by atoms with van der Waals surface area (Å²) in [6.45, 7) is 4.01. The zero-order chi connectivity index (χ0) is 21.8. The van der Waals surface area contributed by atoms with E-state index in [1.165, 1.54) is 5.56 Å². The zero-order valence-corrected chi connectivity index (χ0v) is 19.3. The van der Waals surface area contributed by atoms with Crippen molar-refractivity contribution in [2.75, 3.05) is 30.7 Å². The van der Waals surface area contributed by atoms with Crippen molar-refractivity contribution < 1.29 is 9.59 Å². The Morgan fingerprint density at radius 1 is 1.10 bits per heavy atom. The second-order valence-electron chi connectivity index (χ2n) is 8.21. The van der Waals surface area contributed by atoms with E-state index in [4.69, 9.17) is 11.6 Å². The number of carbonyl (C=O) groups excluding carboxylic acids is 2. The van der Waals surface area contributed by atoms with Gasteiger partial charge in [-0.15, -0.1) is 11.8 Å². The molecule has 2 aliphatic rings. The van der Waals surface area contributed by atoms with Crippen molar-refractivity contribution in [1.29, 1.82) is 0 Å². The van der Waals surface area contributed by atoms with Crippen LogP contribution in [0.4, 0.5) is 10.5 Å². The predicted molar refractivity (Wildman–Crippen MR) is 128 cm³/mol. The van der Waals surface area contributed by atoms with Gasteiger partial charge in [0.05, 0.1) is 4.87 Å². The largest absolute Gasteiger partial charge is 0.327 e. The van der Waals surface area contributed by atoms with Crippen LogP contribution in [0.3, 0.4) is 0 Å². The number of carbonyl (C=O) groups is 2. The number of thioether (sulfide) groups is 1. The maximum Gasteiger partial charge on any atom is 0.321 e. The highest BCUT2D eigenvalue weighted by molar-refractivity contribution is 8.00. The molecule has 2 aliphatic heterocycles. The van der Waals surface area contributed by atoms with Crippen LogP contribution in [0.15, 0.2) is 48.5 Å². The van der Waals surface area contributed by atoms with Crippen molar-refractivity contribution >= 4 is 41.0 Å². The van der Waals surface area contributed by atoms with E-state index < -0.39 is 0 Å². The third-order valence-corrected chi connectivity index (χ3v) is 8.16. The fourth-order valence-electron chi connectivity index (χ4n) is 4.34. The number of hydrogen-bond acceptors (Lipinski definition) is 3. The van der Waals surface area contributed by atoms with E-state index >= 15 is 0 Å². The minimum Gasteiger partial charge on any atom is -0.327 e. The molecule has 164 valence electrons. The number of aryl methyl sites for hydroxylation is 2. The van der Waals surface area contributed by atoms with E-state index in [0.29, 0.717) is 30.2 Å². The van der Waals surface area contributed by atoms with Crippen molar-refractivity contribution in [2.24, 2.45) is 0 Å². The van der Waals surface area contributed by atoms with Gasteiger partial charge in [0, 0.05) is 42.5 Å². The van der Waals surface area contributed by atoms with E-state index in [9.17, 15) is 9.59 Å². The minimum absolute atomic E-state index is 0.111. The van der Waals surface area contributed by atoms with Crippen LogP contribution < -0.4 is 5.32 Å². The molecule has 2 aromatic rings. The molecule has 2 fully saturated rings. The first-order valence-electron chi connectivity index (χ1n) is 10.8. The molecule has 0 aromatic heterocycles. The molecule has 4 rings (SSSR count). The summed E-state index contributed by atoms with van der Waals surface area (Å²) < 4.78 is 0. The number of nitrogens with one attached hydrogen (secondary N) is 1. The highest BCUT2D eigenvalue weighted by Gasteiger charge is 2.46. The second kappa shape index (κ2) is 9.53. The molecule has 2 saturated heterocycles. The molecule has 1 spiro atoms. The lowest BCUT2D eigenvalue weighted by Crippen LogP contribution is -2.54. The molecule has 0 bridgehead atoms. The van der Waals surface area contributed by atoms with Gasteiger partial charge in [0.2, 0.25) is 5.91 Å². The third-order valence-electron chi connectivity index (χ3n) is 6.20. The van der Waals surface area contributed by atoms with E-state index in [0.717, 1.165) is 37.1 Å². The molecule has 3 amide bonds. The van der Waals surface area contributed by atoms with Crippen LogP contribution in [-0.4, -0.2) is 52.0 Å². The molecule has 0 atom stereocenters. The highest BCUT2D eigenvalue weighted by Crippen LogP contribution is 2.44. The molecule has 0 aliphatic carbocycles. The molecule has 0 radical (unpaired) electrons. The number of likely N-dealkylation sites (tertiary alicyclic amines) is 1. The zero-order valence-electron chi connectivity index (χ0n) is 17.8. The number of rotatable bonds is 4. The first-order valence-corrected chi connectivity index (χ1v) is 12.1. The van der Waals surface area contributed by atoms with Gasteiger partial charge in [0.1, 0.15) is 0 Å². The maximum absolute atomic E-state index is 13.0.